The molecule has 1 aromatic carbocycles. The molecule has 0 aromatic heterocycles. The van der Waals surface area contributed by atoms with Gasteiger partial charge in [-0.1, -0.05) is 26.0 Å². The van der Waals surface area contributed by atoms with Crippen LogP contribution in [0.15, 0.2) is 24.3 Å². The van der Waals surface area contributed by atoms with Gasteiger partial charge in [-0.05, 0) is 25.0 Å². The zero-order valence-corrected chi connectivity index (χ0v) is 12.9. The van der Waals surface area contributed by atoms with Crippen LogP contribution in [0.2, 0.25) is 0 Å². The average molecular weight is 323 g/mol. The Morgan fingerprint density at radius 3 is 2.43 bits per heavy atom. The molecule has 21 heavy (non-hydrogen) atoms. The minimum absolute atomic E-state index is 0. The fourth-order valence-electron chi connectivity index (χ4n) is 1.70. The summed E-state index contributed by atoms with van der Waals surface area (Å²) in [4.78, 5) is 12.0. The van der Waals surface area contributed by atoms with E-state index >= 15 is 0 Å². The second kappa shape index (κ2) is 8.79. The molecular formula is C14H21ClF2N2O2. The molecule has 7 heteroatoms. The van der Waals surface area contributed by atoms with E-state index in [2.05, 4.69) is 10.1 Å². The van der Waals surface area contributed by atoms with Gasteiger partial charge in [0.2, 0.25) is 0 Å². The van der Waals surface area contributed by atoms with Gasteiger partial charge in [-0.25, -0.2) is 0 Å². The van der Waals surface area contributed by atoms with Crippen molar-refractivity contribution < 1.29 is 18.3 Å². The summed E-state index contributed by atoms with van der Waals surface area (Å²) in [7, 11) is 0. The topological polar surface area (TPSA) is 64.3 Å². The number of para-hydroxylation sites is 1. The fourth-order valence-corrected chi connectivity index (χ4v) is 1.70. The zero-order valence-electron chi connectivity index (χ0n) is 12.1. The van der Waals surface area contributed by atoms with Gasteiger partial charge in [-0.3, -0.25) is 4.79 Å². The summed E-state index contributed by atoms with van der Waals surface area (Å²) < 4.78 is 28.9. The molecule has 1 amide bonds. The van der Waals surface area contributed by atoms with Gasteiger partial charge >= 0.3 is 6.61 Å². The van der Waals surface area contributed by atoms with Crippen LogP contribution in [-0.4, -0.2) is 24.6 Å². The third-order valence-corrected chi connectivity index (χ3v) is 3.36. The summed E-state index contributed by atoms with van der Waals surface area (Å²) in [5.74, 6) is -0.617. The lowest BCUT2D eigenvalue weighted by Gasteiger charge is -2.27. The van der Waals surface area contributed by atoms with Crippen molar-refractivity contribution >= 4 is 18.3 Å². The Morgan fingerprint density at radius 1 is 1.33 bits per heavy atom. The van der Waals surface area contributed by atoms with E-state index in [1.54, 1.807) is 6.07 Å². The van der Waals surface area contributed by atoms with Crippen molar-refractivity contribution in [3.8, 4) is 5.75 Å². The van der Waals surface area contributed by atoms with Crippen LogP contribution < -0.4 is 15.8 Å². The Kier molecular flexibility index (Phi) is 8.21. The maximum absolute atomic E-state index is 12.3. The van der Waals surface area contributed by atoms with E-state index in [1.165, 1.54) is 18.2 Å². The van der Waals surface area contributed by atoms with Gasteiger partial charge < -0.3 is 15.8 Å². The summed E-state index contributed by atoms with van der Waals surface area (Å²) >= 11 is 0. The summed E-state index contributed by atoms with van der Waals surface area (Å²) in [6.45, 7) is 1.18. The molecule has 1 rings (SSSR count). The first-order valence-electron chi connectivity index (χ1n) is 6.52. The van der Waals surface area contributed by atoms with E-state index in [0.717, 1.165) is 0 Å². The molecule has 0 bridgehead atoms. The lowest BCUT2D eigenvalue weighted by atomic mass is 9.94. The lowest BCUT2D eigenvalue weighted by Crippen LogP contribution is -2.49. The standard InChI is InChI=1S/C14H20F2N2O2.ClH/c1-3-14(17,4-2)9-18-12(19)10-7-5-6-8-11(10)20-13(15)16;/h5-8,13H,3-4,9,17H2,1-2H3,(H,18,19);1H. The van der Waals surface area contributed by atoms with Crippen molar-refractivity contribution in [2.45, 2.75) is 38.8 Å². The zero-order chi connectivity index (χ0) is 15.2. The van der Waals surface area contributed by atoms with Gasteiger partial charge in [0.15, 0.2) is 0 Å². The number of amides is 1. The molecule has 0 fully saturated rings. The molecule has 0 saturated carbocycles. The van der Waals surface area contributed by atoms with Crippen LogP contribution in [0.5, 0.6) is 5.75 Å². The molecule has 0 atom stereocenters. The average Bonchev–Trinajstić information content (AvgIpc) is 2.44. The predicted molar refractivity (Wildman–Crippen MR) is 80.2 cm³/mol. The maximum atomic E-state index is 12.3. The Bertz CT molecular complexity index is 454. The van der Waals surface area contributed by atoms with Crippen LogP contribution in [0.4, 0.5) is 8.78 Å². The van der Waals surface area contributed by atoms with Crippen molar-refractivity contribution in [1.82, 2.24) is 5.32 Å². The van der Waals surface area contributed by atoms with Crippen LogP contribution in [0.3, 0.4) is 0 Å². The molecule has 0 heterocycles. The Hall–Kier alpha value is -1.40. The molecule has 0 saturated heterocycles. The maximum Gasteiger partial charge on any atom is 0.387 e. The Labute approximate surface area is 129 Å². The third-order valence-electron chi connectivity index (χ3n) is 3.36. The van der Waals surface area contributed by atoms with Crippen molar-refractivity contribution in [1.29, 1.82) is 0 Å². The first-order chi connectivity index (χ1) is 9.41. The highest BCUT2D eigenvalue weighted by atomic mass is 35.5. The number of halogens is 3. The normalized spacial score (nSPS) is 11.0. The number of hydrogen-bond acceptors (Lipinski definition) is 3. The quantitative estimate of drug-likeness (QED) is 0.811. The number of rotatable bonds is 7. The smallest absolute Gasteiger partial charge is 0.387 e. The van der Waals surface area contributed by atoms with Crippen molar-refractivity contribution in [2.75, 3.05) is 6.54 Å². The van der Waals surface area contributed by atoms with Crippen molar-refractivity contribution in [2.24, 2.45) is 5.73 Å². The van der Waals surface area contributed by atoms with Crippen LogP contribution in [0.1, 0.15) is 37.0 Å². The second-order valence-corrected chi connectivity index (χ2v) is 4.63. The van der Waals surface area contributed by atoms with Crippen LogP contribution in [-0.2, 0) is 0 Å². The van der Waals surface area contributed by atoms with Gasteiger partial charge in [0, 0.05) is 12.1 Å². The molecular weight excluding hydrogens is 302 g/mol. The van der Waals surface area contributed by atoms with E-state index in [0.29, 0.717) is 12.8 Å². The number of carbonyl (C=O) groups is 1. The lowest BCUT2D eigenvalue weighted by molar-refractivity contribution is -0.0501. The number of nitrogens with two attached hydrogens (primary N) is 1. The van der Waals surface area contributed by atoms with Crippen LogP contribution >= 0.6 is 12.4 Å². The molecule has 0 spiro atoms. The summed E-state index contributed by atoms with van der Waals surface area (Å²) in [6, 6.07) is 5.88. The Morgan fingerprint density at radius 2 is 1.90 bits per heavy atom. The SMILES string of the molecule is CCC(N)(CC)CNC(=O)c1ccccc1OC(F)F.Cl. The number of benzene rings is 1. The van der Waals surface area contributed by atoms with Gasteiger partial charge in [0.05, 0.1) is 5.56 Å². The van der Waals surface area contributed by atoms with E-state index in [4.69, 9.17) is 5.73 Å². The molecule has 0 unspecified atom stereocenters. The van der Waals surface area contributed by atoms with E-state index in [1.807, 2.05) is 13.8 Å². The molecule has 0 aliphatic carbocycles. The number of ether oxygens (including phenoxy) is 1. The van der Waals surface area contributed by atoms with Crippen molar-refractivity contribution in [3.05, 3.63) is 29.8 Å². The van der Waals surface area contributed by atoms with Gasteiger partial charge in [0.25, 0.3) is 5.91 Å². The molecule has 120 valence electrons. The predicted octanol–water partition coefficient (Wildman–Crippen LogP) is 2.96. The second-order valence-electron chi connectivity index (χ2n) is 4.63. The van der Waals surface area contributed by atoms with E-state index in [9.17, 15) is 13.6 Å². The highest BCUT2D eigenvalue weighted by Crippen LogP contribution is 2.20. The summed E-state index contributed by atoms with van der Waals surface area (Å²) in [6.07, 6.45) is 1.41. The highest BCUT2D eigenvalue weighted by Gasteiger charge is 2.22. The molecule has 0 aliphatic heterocycles. The van der Waals surface area contributed by atoms with Gasteiger partial charge in [-0.15, -0.1) is 12.4 Å². The molecule has 0 aliphatic rings. The van der Waals surface area contributed by atoms with Crippen LogP contribution in [0, 0.1) is 0 Å². The number of alkyl halides is 2. The monoisotopic (exact) mass is 322 g/mol. The number of nitrogens with one attached hydrogen (secondary N) is 1. The third kappa shape index (κ3) is 5.85. The van der Waals surface area contributed by atoms with Gasteiger partial charge in [0.1, 0.15) is 5.75 Å². The first-order valence-corrected chi connectivity index (χ1v) is 6.52. The van der Waals surface area contributed by atoms with Crippen LogP contribution in [0.25, 0.3) is 0 Å². The Balaban J connectivity index is 0.00000400. The number of carbonyl (C=O) groups excluding carboxylic acids is 1. The number of hydrogen-bond donors (Lipinski definition) is 2. The summed E-state index contributed by atoms with van der Waals surface area (Å²) in [5.41, 5.74) is 5.66. The fraction of sp³-hybridized carbons (Fsp3) is 0.500. The minimum atomic E-state index is -2.97. The molecule has 3 N–H and O–H groups in total. The van der Waals surface area contributed by atoms with E-state index in [-0.39, 0.29) is 30.3 Å². The molecule has 4 nitrogen and oxygen atoms in total. The first kappa shape index (κ1) is 19.6. The van der Waals surface area contributed by atoms with E-state index < -0.39 is 18.1 Å². The van der Waals surface area contributed by atoms with Crippen molar-refractivity contribution in [3.63, 3.8) is 0 Å². The highest BCUT2D eigenvalue weighted by molar-refractivity contribution is 5.96. The largest absolute Gasteiger partial charge is 0.434 e. The molecule has 1 aromatic rings. The summed E-state index contributed by atoms with van der Waals surface area (Å²) in [5, 5.41) is 2.67. The minimum Gasteiger partial charge on any atom is -0.434 e. The van der Waals surface area contributed by atoms with Gasteiger partial charge in [-0.2, -0.15) is 8.78 Å². The molecule has 0 radical (unpaired) electrons.